The standard InChI is InChI=1S/C10H18N2O3/c1-8(7-15-2)6-12-4-3-9(13)11-5-10(12)14/h8H,3-7H2,1-2H3,(H,11,13). The van der Waals surface area contributed by atoms with Crippen molar-refractivity contribution in [2.24, 2.45) is 5.92 Å². The number of ether oxygens (including phenoxy) is 1. The Morgan fingerprint density at radius 3 is 2.93 bits per heavy atom. The SMILES string of the molecule is COCC(C)CN1CCC(=O)NCC1=O. The topological polar surface area (TPSA) is 58.6 Å². The van der Waals surface area contributed by atoms with E-state index in [1.807, 2.05) is 6.92 Å². The first-order valence-corrected chi connectivity index (χ1v) is 5.17. The fourth-order valence-corrected chi connectivity index (χ4v) is 1.64. The molecule has 86 valence electrons. The lowest BCUT2D eigenvalue weighted by atomic mass is 10.2. The van der Waals surface area contributed by atoms with Gasteiger partial charge in [-0.1, -0.05) is 6.92 Å². The third-order valence-electron chi connectivity index (χ3n) is 2.38. The molecule has 1 aliphatic heterocycles. The van der Waals surface area contributed by atoms with Crippen molar-refractivity contribution in [1.29, 1.82) is 0 Å². The van der Waals surface area contributed by atoms with Gasteiger partial charge in [-0.2, -0.15) is 0 Å². The molecule has 1 fully saturated rings. The van der Waals surface area contributed by atoms with Crippen molar-refractivity contribution in [1.82, 2.24) is 10.2 Å². The maximum Gasteiger partial charge on any atom is 0.241 e. The van der Waals surface area contributed by atoms with E-state index in [0.717, 1.165) is 0 Å². The van der Waals surface area contributed by atoms with Gasteiger partial charge in [0, 0.05) is 26.6 Å². The van der Waals surface area contributed by atoms with Gasteiger partial charge in [0.15, 0.2) is 0 Å². The van der Waals surface area contributed by atoms with Crippen LogP contribution in [0, 0.1) is 5.92 Å². The van der Waals surface area contributed by atoms with Gasteiger partial charge >= 0.3 is 0 Å². The van der Waals surface area contributed by atoms with Gasteiger partial charge in [-0.15, -0.1) is 0 Å². The second-order valence-electron chi connectivity index (χ2n) is 3.93. The highest BCUT2D eigenvalue weighted by atomic mass is 16.5. The normalized spacial score (nSPS) is 19.7. The molecule has 5 heteroatoms. The largest absolute Gasteiger partial charge is 0.384 e. The molecule has 15 heavy (non-hydrogen) atoms. The quantitative estimate of drug-likeness (QED) is 0.694. The van der Waals surface area contributed by atoms with E-state index in [1.54, 1.807) is 12.0 Å². The van der Waals surface area contributed by atoms with Crippen LogP contribution in [-0.2, 0) is 14.3 Å². The number of hydrogen-bond donors (Lipinski definition) is 1. The van der Waals surface area contributed by atoms with Crippen molar-refractivity contribution in [3.63, 3.8) is 0 Å². The van der Waals surface area contributed by atoms with Crippen LogP contribution in [0.15, 0.2) is 0 Å². The second-order valence-corrected chi connectivity index (χ2v) is 3.93. The zero-order valence-electron chi connectivity index (χ0n) is 9.28. The highest BCUT2D eigenvalue weighted by Crippen LogP contribution is 2.04. The van der Waals surface area contributed by atoms with E-state index in [4.69, 9.17) is 4.74 Å². The smallest absolute Gasteiger partial charge is 0.241 e. The first-order valence-electron chi connectivity index (χ1n) is 5.17. The van der Waals surface area contributed by atoms with Crippen LogP contribution in [-0.4, -0.2) is 50.1 Å². The molecule has 0 spiro atoms. The molecule has 0 saturated carbocycles. The molecule has 0 radical (unpaired) electrons. The molecule has 1 unspecified atom stereocenters. The molecule has 1 rings (SSSR count). The molecule has 1 aliphatic rings. The molecule has 0 aliphatic carbocycles. The number of nitrogens with zero attached hydrogens (tertiary/aromatic N) is 1. The third kappa shape index (κ3) is 3.87. The van der Waals surface area contributed by atoms with Gasteiger partial charge in [-0.25, -0.2) is 0 Å². The van der Waals surface area contributed by atoms with Crippen molar-refractivity contribution in [3.05, 3.63) is 0 Å². The van der Waals surface area contributed by atoms with Gasteiger partial charge < -0.3 is 15.0 Å². The molecule has 1 N–H and O–H groups in total. The molecule has 0 aromatic rings. The monoisotopic (exact) mass is 214 g/mol. The number of rotatable bonds is 4. The van der Waals surface area contributed by atoms with Crippen LogP contribution in [0.4, 0.5) is 0 Å². The fraction of sp³-hybridized carbons (Fsp3) is 0.800. The van der Waals surface area contributed by atoms with Gasteiger partial charge in [0.05, 0.1) is 13.2 Å². The summed E-state index contributed by atoms with van der Waals surface area (Å²) in [5.74, 6) is 0.237. The average Bonchev–Trinajstić information content (AvgIpc) is 2.33. The zero-order chi connectivity index (χ0) is 11.3. The summed E-state index contributed by atoms with van der Waals surface area (Å²) in [5, 5.41) is 2.57. The summed E-state index contributed by atoms with van der Waals surface area (Å²) in [5.41, 5.74) is 0. The number of amides is 2. The van der Waals surface area contributed by atoms with E-state index in [1.165, 1.54) is 0 Å². The third-order valence-corrected chi connectivity index (χ3v) is 2.38. The summed E-state index contributed by atoms with van der Waals surface area (Å²) in [4.78, 5) is 24.4. The van der Waals surface area contributed by atoms with Crippen molar-refractivity contribution in [3.8, 4) is 0 Å². The number of methoxy groups -OCH3 is 1. The first-order chi connectivity index (χ1) is 7.13. The van der Waals surface area contributed by atoms with E-state index in [9.17, 15) is 9.59 Å². The zero-order valence-corrected chi connectivity index (χ0v) is 9.28. The molecular weight excluding hydrogens is 196 g/mol. The minimum Gasteiger partial charge on any atom is -0.384 e. The van der Waals surface area contributed by atoms with Crippen LogP contribution in [0.25, 0.3) is 0 Å². The Morgan fingerprint density at radius 1 is 1.53 bits per heavy atom. The Labute approximate surface area is 89.8 Å². The van der Waals surface area contributed by atoms with Gasteiger partial charge in [0.25, 0.3) is 0 Å². The Bertz CT molecular complexity index is 243. The molecule has 0 aromatic carbocycles. The van der Waals surface area contributed by atoms with Crippen molar-refractivity contribution in [2.45, 2.75) is 13.3 Å². The van der Waals surface area contributed by atoms with Crippen LogP contribution in [0.3, 0.4) is 0 Å². The van der Waals surface area contributed by atoms with Gasteiger partial charge in [0.1, 0.15) is 0 Å². The van der Waals surface area contributed by atoms with Crippen LogP contribution in [0.1, 0.15) is 13.3 Å². The van der Waals surface area contributed by atoms with E-state index in [0.29, 0.717) is 32.0 Å². The van der Waals surface area contributed by atoms with Crippen LogP contribution in [0.2, 0.25) is 0 Å². The maximum absolute atomic E-state index is 11.6. The summed E-state index contributed by atoms with van der Waals surface area (Å²) in [6.07, 6.45) is 0.394. The molecule has 5 nitrogen and oxygen atoms in total. The first kappa shape index (κ1) is 12.0. The molecule has 0 aromatic heterocycles. The number of nitrogens with one attached hydrogen (secondary N) is 1. The lowest BCUT2D eigenvalue weighted by Crippen LogP contribution is -2.38. The minimum atomic E-state index is -0.0507. The average molecular weight is 214 g/mol. The van der Waals surface area contributed by atoms with E-state index in [2.05, 4.69) is 5.32 Å². The molecule has 2 amide bonds. The molecular formula is C10H18N2O3. The molecule has 0 bridgehead atoms. The van der Waals surface area contributed by atoms with Gasteiger partial charge in [-0.05, 0) is 5.92 Å². The van der Waals surface area contributed by atoms with E-state index in [-0.39, 0.29) is 18.4 Å². The Kier molecular flexibility index (Phi) is 4.55. The summed E-state index contributed by atoms with van der Waals surface area (Å²) in [7, 11) is 1.64. The summed E-state index contributed by atoms with van der Waals surface area (Å²) in [6, 6.07) is 0. The Morgan fingerprint density at radius 2 is 2.27 bits per heavy atom. The predicted octanol–water partition coefficient (Wildman–Crippen LogP) is -0.383. The van der Waals surface area contributed by atoms with Crippen molar-refractivity contribution >= 4 is 11.8 Å². The molecule has 1 heterocycles. The fourth-order valence-electron chi connectivity index (χ4n) is 1.64. The van der Waals surface area contributed by atoms with Crippen LogP contribution in [0.5, 0.6) is 0 Å². The molecule has 1 atom stereocenters. The summed E-state index contributed by atoms with van der Waals surface area (Å²) >= 11 is 0. The molecule has 1 saturated heterocycles. The lowest BCUT2D eigenvalue weighted by Gasteiger charge is -2.23. The number of carbonyl (C=O) groups excluding carboxylic acids is 2. The number of carbonyl (C=O) groups is 2. The maximum atomic E-state index is 11.6. The van der Waals surface area contributed by atoms with Crippen molar-refractivity contribution < 1.29 is 14.3 Å². The van der Waals surface area contributed by atoms with Crippen LogP contribution < -0.4 is 5.32 Å². The highest BCUT2D eigenvalue weighted by molar-refractivity contribution is 5.87. The summed E-state index contributed by atoms with van der Waals surface area (Å²) < 4.78 is 5.01. The number of hydrogen-bond acceptors (Lipinski definition) is 3. The van der Waals surface area contributed by atoms with Gasteiger partial charge in [-0.3, -0.25) is 9.59 Å². The Hall–Kier alpha value is -1.10. The van der Waals surface area contributed by atoms with Crippen LogP contribution >= 0.6 is 0 Å². The summed E-state index contributed by atoms with van der Waals surface area (Å²) in [6.45, 7) is 3.95. The minimum absolute atomic E-state index is 0.0104. The van der Waals surface area contributed by atoms with E-state index >= 15 is 0 Å². The lowest BCUT2D eigenvalue weighted by molar-refractivity contribution is -0.130. The van der Waals surface area contributed by atoms with Gasteiger partial charge in [0.2, 0.25) is 11.8 Å². The highest BCUT2D eigenvalue weighted by Gasteiger charge is 2.21. The second kappa shape index (κ2) is 5.70. The van der Waals surface area contributed by atoms with Crippen molar-refractivity contribution in [2.75, 3.05) is 33.4 Å². The van der Waals surface area contributed by atoms with E-state index < -0.39 is 0 Å². The predicted molar refractivity (Wildman–Crippen MR) is 55.2 cm³/mol. The Balaban J connectivity index is 2.45.